The first-order chi connectivity index (χ1) is 10.8. The number of rotatable bonds is 3. The highest BCUT2D eigenvalue weighted by molar-refractivity contribution is 7.89. The minimum Gasteiger partial charge on any atom is -0.477 e. The zero-order valence-electron chi connectivity index (χ0n) is 12.9. The molecular formula is C13H19N3O6S. The van der Waals surface area contributed by atoms with Crippen molar-refractivity contribution in [2.24, 2.45) is 0 Å². The van der Waals surface area contributed by atoms with Crippen molar-refractivity contribution in [2.75, 3.05) is 19.7 Å². The van der Waals surface area contributed by atoms with E-state index >= 15 is 0 Å². The molecule has 0 aromatic carbocycles. The standard InChI is InChI=1S/C13H19N3O6S/c1-8-6-15(7-9(2)22-8)23(19,20)11-10(13(17)18)14-16-4-3-5-21-12(11)16/h8-9H,3-7H2,1-2H3,(H,17,18). The number of morpholine rings is 1. The molecule has 0 saturated carbocycles. The molecule has 1 saturated heterocycles. The number of sulfonamides is 1. The van der Waals surface area contributed by atoms with Crippen LogP contribution in [0, 0.1) is 0 Å². The fraction of sp³-hybridized carbons (Fsp3) is 0.692. The minimum atomic E-state index is -4.04. The van der Waals surface area contributed by atoms with Gasteiger partial charge in [0.1, 0.15) is 0 Å². The second-order valence-electron chi connectivity index (χ2n) is 5.79. The summed E-state index contributed by atoms with van der Waals surface area (Å²) in [6.45, 7) is 4.65. The Bertz CT molecular complexity index is 718. The van der Waals surface area contributed by atoms with E-state index in [0.717, 1.165) is 0 Å². The third-order valence-electron chi connectivity index (χ3n) is 3.80. The number of carbonyl (C=O) groups is 1. The Hall–Kier alpha value is -1.65. The van der Waals surface area contributed by atoms with Gasteiger partial charge < -0.3 is 14.6 Å². The lowest BCUT2D eigenvalue weighted by Crippen LogP contribution is -2.48. The molecule has 1 N–H and O–H groups in total. The first-order valence-corrected chi connectivity index (χ1v) is 8.87. The van der Waals surface area contributed by atoms with Crippen LogP contribution in [0.1, 0.15) is 30.8 Å². The average molecular weight is 345 g/mol. The fourth-order valence-corrected chi connectivity index (χ4v) is 4.76. The predicted octanol–water partition coefficient (Wildman–Crippen LogP) is 0.162. The molecule has 0 aliphatic carbocycles. The smallest absolute Gasteiger partial charge is 0.357 e. The summed E-state index contributed by atoms with van der Waals surface area (Å²) in [7, 11) is -4.04. The van der Waals surface area contributed by atoms with Crippen LogP contribution >= 0.6 is 0 Å². The van der Waals surface area contributed by atoms with Crippen LogP contribution in [0.2, 0.25) is 0 Å². The van der Waals surface area contributed by atoms with Crippen LogP contribution in [0.4, 0.5) is 0 Å². The maximum atomic E-state index is 13.0. The molecule has 1 fully saturated rings. The number of hydrogen-bond donors (Lipinski definition) is 1. The molecule has 2 aliphatic rings. The molecule has 3 rings (SSSR count). The molecule has 10 heteroatoms. The van der Waals surface area contributed by atoms with Crippen LogP contribution in [0.5, 0.6) is 5.88 Å². The van der Waals surface area contributed by atoms with Crippen molar-refractivity contribution in [2.45, 2.75) is 43.9 Å². The van der Waals surface area contributed by atoms with E-state index in [9.17, 15) is 18.3 Å². The van der Waals surface area contributed by atoms with Crippen molar-refractivity contribution in [1.29, 1.82) is 0 Å². The van der Waals surface area contributed by atoms with Crippen molar-refractivity contribution in [3.05, 3.63) is 5.69 Å². The normalized spacial score (nSPS) is 25.7. The van der Waals surface area contributed by atoms with E-state index in [4.69, 9.17) is 9.47 Å². The van der Waals surface area contributed by atoms with Gasteiger partial charge in [-0.2, -0.15) is 9.40 Å². The number of ether oxygens (including phenoxy) is 2. The average Bonchev–Trinajstić information content (AvgIpc) is 2.86. The van der Waals surface area contributed by atoms with E-state index in [1.807, 2.05) is 0 Å². The molecule has 2 aliphatic heterocycles. The lowest BCUT2D eigenvalue weighted by molar-refractivity contribution is -0.0441. The molecule has 2 atom stereocenters. The molecule has 1 aromatic rings. The van der Waals surface area contributed by atoms with Gasteiger partial charge in [-0.1, -0.05) is 0 Å². The van der Waals surface area contributed by atoms with Gasteiger partial charge in [-0.05, 0) is 13.8 Å². The third-order valence-corrected chi connectivity index (χ3v) is 5.67. The first-order valence-electron chi connectivity index (χ1n) is 7.43. The van der Waals surface area contributed by atoms with Gasteiger partial charge in [0.25, 0.3) is 10.0 Å². The molecule has 0 spiro atoms. The summed E-state index contributed by atoms with van der Waals surface area (Å²) in [6.07, 6.45) is 0.113. The minimum absolute atomic E-state index is 0.0143. The van der Waals surface area contributed by atoms with Crippen molar-refractivity contribution < 1.29 is 27.8 Å². The Morgan fingerprint density at radius 3 is 2.57 bits per heavy atom. The number of carboxylic acids is 1. The number of nitrogens with zero attached hydrogens (tertiary/aromatic N) is 3. The maximum absolute atomic E-state index is 13.0. The largest absolute Gasteiger partial charge is 0.477 e. The van der Waals surface area contributed by atoms with E-state index in [-0.39, 0.29) is 36.1 Å². The van der Waals surface area contributed by atoms with Gasteiger partial charge in [0, 0.05) is 26.1 Å². The first kappa shape index (κ1) is 16.2. The summed E-state index contributed by atoms with van der Waals surface area (Å²) in [5.74, 6) is -1.37. The van der Waals surface area contributed by atoms with Gasteiger partial charge in [-0.25, -0.2) is 17.9 Å². The quantitative estimate of drug-likeness (QED) is 0.831. The zero-order valence-corrected chi connectivity index (χ0v) is 13.7. The van der Waals surface area contributed by atoms with Crippen LogP contribution in [0.25, 0.3) is 0 Å². The van der Waals surface area contributed by atoms with Crippen molar-refractivity contribution in [3.8, 4) is 5.88 Å². The fourth-order valence-electron chi connectivity index (χ4n) is 2.93. The lowest BCUT2D eigenvalue weighted by atomic mass is 10.3. The predicted molar refractivity (Wildman–Crippen MR) is 78.1 cm³/mol. The van der Waals surface area contributed by atoms with E-state index in [0.29, 0.717) is 19.6 Å². The number of fused-ring (bicyclic) bond motifs is 1. The molecule has 0 amide bonds. The van der Waals surface area contributed by atoms with Crippen molar-refractivity contribution in [1.82, 2.24) is 14.1 Å². The number of aryl methyl sites for hydroxylation is 1. The summed E-state index contributed by atoms with van der Waals surface area (Å²) < 4.78 is 39.5. The van der Waals surface area contributed by atoms with Crippen LogP contribution in [0.3, 0.4) is 0 Å². The topological polar surface area (TPSA) is 111 Å². The van der Waals surface area contributed by atoms with Gasteiger partial charge >= 0.3 is 5.97 Å². The summed E-state index contributed by atoms with van der Waals surface area (Å²) in [6, 6.07) is 0. The molecule has 128 valence electrons. The lowest BCUT2D eigenvalue weighted by Gasteiger charge is -2.34. The third kappa shape index (κ3) is 2.81. The molecule has 0 radical (unpaired) electrons. The molecule has 0 bridgehead atoms. The monoisotopic (exact) mass is 345 g/mol. The van der Waals surface area contributed by atoms with E-state index in [1.54, 1.807) is 13.8 Å². The number of carboxylic acid groups (broad SMARTS) is 1. The Morgan fingerprint density at radius 2 is 1.96 bits per heavy atom. The van der Waals surface area contributed by atoms with Crippen molar-refractivity contribution >= 4 is 16.0 Å². The number of hydrogen-bond acceptors (Lipinski definition) is 6. The van der Waals surface area contributed by atoms with Gasteiger partial charge in [0.15, 0.2) is 10.6 Å². The Kier molecular flexibility index (Phi) is 4.07. The summed E-state index contributed by atoms with van der Waals surface area (Å²) in [5, 5.41) is 13.2. The van der Waals surface area contributed by atoms with Crippen LogP contribution < -0.4 is 4.74 Å². The highest BCUT2D eigenvalue weighted by Gasteiger charge is 2.40. The zero-order chi connectivity index (χ0) is 16.8. The Labute approximate surface area is 133 Å². The SMILES string of the molecule is CC1CN(S(=O)(=O)c2c(C(=O)O)nn3c2OCCC3)CC(C)O1. The molecule has 23 heavy (non-hydrogen) atoms. The van der Waals surface area contributed by atoms with E-state index in [2.05, 4.69) is 5.10 Å². The maximum Gasteiger partial charge on any atom is 0.357 e. The van der Waals surface area contributed by atoms with Crippen LogP contribution in [-0.2, 0) is 21.3 Å². The molecular weight excluding hydrogens is 326 g/mol. The van der Waals surface area contributed by atoms with Gasteiger partial charge in [-0.15, -0.1) is 0 Å². The second kappa shape index (κ2) is 5.77. The van der Waals surface area contributed by atoms with Gasteiger partial charge in [0.2, 0.25) is 5.88 Å². The van der Waals surface area contributed by atoms with Gasteiger partial charge in [0.05, 0.1) is 18.8 Å². The molecule has 3 heterocycles. The number of aromatic carboxylic acids is 1. The summed E-state index contributed by atoms with van der Waals surface area (Å²) in [5.41, 5.74) is -0.492. The Morgan fingerprint density at radius 1 is 1.30 bits per heavy atom. The van der Waals surface area contributed by atoms with Crippen molar-refractivity contribution in [3.63, 3.8) is 0 Å². The Balaban J connectivity index is 2.09. The number of aromatic nitrogens is 2. The van der Waals surface area contributed by atoms with E-state index in [1.165, 1.54) is 8.99 Å². The highest BCUT2D eigenvalue weighted by atomic mass is 32.2. The summed E-state index contributed by atoms with van der Waals surface area (Å²) in [4.78, 5) is 11.1. The summed E-state index contributed by atoms with van der Waals surface area (Å²) >= 11 is 0. The van der Waals surface area contributed by atoms with E-state index < -0.39 is 21.7 Å². The van der Waals surface area contributed by atoms with Crippen LogP contribution in [0.15, 0.2) is 4.90 Å². The molecule has 2 unspecified atom stereocenters. The molecule has 9 nitrogen and oxygen atoms in total. The van der Waals surface area contributed by atoms with Gasteiger partial charge in [-0.3, -0.25) is 0 Å². The highest BCUT2D eigenvalue weighted by Crippen LogP contribution is 2.33. The van der Waals surface area contributed by atoms with Crippen LogP contribution in [-0.4, -0.2) is 65.5 Å². The molecule has 1 aromatic heterocycles. The second-order valence-corrected chi connectivity index (χ2v) is 7.67.